The quantitative estimate of drug-likeness (QED) is 0.869. The van der Waals surface area contributed by atoms with E-state index in [2.05, 4.69) is 4.72 Å². The number of benzene rings is 1. The Balaban J connectivity index is 2.06. The van der Waals surface area contributed by atoms with Gasteiger partial charge in [0, 0.05) is 25.7 Å². The van der Waals surface area contributed by atoms with Crippen molar-refractivity contribution in [3.05, 3.63) is 46.8 Å². The molecular formula is C16H20N2O3S2. The molecule has 0 bridgehead atoms. The number of carbonyl (C=O) groups excluding carboxylic acids is 1. The predicted octanol–water partition coefficient (Wildman–Crippen LogP) is 2.70. The minimum absolute atomic E-state index is 0.122. The maximum atomic E-state index is 12.1. The molecule has 2 rings (SSSR count). The topological polar surface area (TPSA) is 66.5 Å². The normalized spacial score (nSPS) is 11.4. The zero-order chi connectivity index (χ0) is 17.0. The van der Waals surface area contributed by atoms with Gasteiger partial charge in [0.25, 0.3) is 0 Å². The minimum Gasteiger partial charge on any atom is -0.311 e. The number of carbonyl (C=O) groups is 1. The van der Waals surface area contributed by atoms with Crippen LogP contribution in [0.15, 0.2) is 39.9 Å². The van der Waals surface area contributed by atoms with Gasteiger partial charge < -0.3 is 4.90 Å². The number of sulfonamides is 1. The van der Waals surface area contributed by atoms with E-state index in [4.69, 9.17) is 0 Å². The zero-order valence-corrected chi connectivity index (χ0v) is 15.0. The molecule has 2 aromatic rings. The van der Waals surface area contributed by atoms with Crippen molar-refractivity contribution in [2.45, 2.75) is 25.0 Å². The molecule has 1 aromatic carbocycles. The van der Waals surface area contributed by atoms with Gasteiger partial charge in [-0.1, -0.05) is 12.1 Å². The molecule has 0 aliphatic rings. The predicted molar refractivity (Wildman–Crippen MR) is 93.5 cm³/mol. The van der Waals surface area contributed by atoms with Gasteiger partial charge in [0.05, 0.1) is 0 Å². The molecule has 0 saturated carbocycles. The van der Waals surface area contributed by atoms with E-state index in [1.165, 1.54) is 6.92 Å². The molecule has 5 nitrogen and oxygen atoms in total. The van der Waals surface area contributed by atoms with Gasteiger partial charge in [-0.05, 0) is 48.6 Å². The van der Waals surface area contributed by atoms with Crippen LogP contribution in [0.5, 0.6) is 0 Å². The molecular weight excluding hydrogens is 332 g/mol. The summed E-state index contributed by atoms with van der Waals surface area (Å²) in [7, 11) is -3.50. The molecule has 0 atom stereocenters. The molecule has 7 heteroatoms. The van der Waals surface area contributed by atoms with Gasteiger partial charge in [-0.2, -0.15) is 0 Å². The first kappa shape index (κ1) is 17.7. The van der Waals surface area contributed by atoms with Gasteiger partial charge in [0.15, 0.2) is 0 Å². The zero-order valence-electron chi connectivity index (χ0n) is 13.4. The van der Waals surface area contributed by atoms with E-state index in [1.807, 2.05) is 32.0 Å². The molecule has 0 fully saturated rings. The van der Waals surface area contributed by atoms with E-state index in [9.17, 15) is 13.2 Å². The fraction of sp³-hybridized carbons (Fsp3) is 0.312. The first-order valence-corrected chi connectivity index (χ1v) is 9.56. The van der Waals surface area contributed by atoms with Gasteiger partial charge in [0.2, 0.25) is 15.9 Å². The Kier molecular flexibility index (Phi) is 5.56. The Morgan fingerprint density at radius 3 is 2.52 bits per heavy atom. The van der Waals surface area contributed by atoms with Gasteiger partial charge in [-0.25, -0.2) is 13.1 Å². The average Bonchev–Trinajstić information content (AvgIpc) is 3.01. The lowest BCUT2D eigenvalue weighted by Gasteiger charge is -2.22. The Hall–Kier alpha value is -1.70. The number of thiophene rings is 1. The maximum absolute atomic E-state index is 12.1. The summed E-state index contributed by atoms with van der Waals surface area (Å²) in [5, 5.41) is 1.71. The Morgan fingerprint density at radius 2 is 1.96 bits per heavy atom. The molecule has 1 heterocycles. The number of nitrogens with zero attached hydrogens (tertiary/aromatic N) is 1. The van der Waals surface area contributed by atoms with Crippen molar-refractivity contribution in [1.82, 2.24) is 4.72 Å². The van der Waals surface area contributed by atoms with Crippen LogP contribution in [0.25, 0.3) is 0 Å². The third-order valence-corrected chi connectivity index (χ3v) is 6.43. The summed E-state index contributed by atoms with van der Waals surface area (Å²) >= 11 is 1.16. The molecule has 0 spiro atoms. The highest BCUT2D eigenvalue weighted by Gasteiger charge is 2.17. The average molecular weight is 352 g/mol. The third kappa shape index (κ3) is 4.40. The standard InChI is InChI=1S/C16H20N2O3S2/c1-12-6-7-15(11-13(12)2)18(14(3)19)9-8-17-23(20,21)16-5-4-10-22-16/h4-7,10-11,17H,8-9H2,1-3H3. The fourth-order valence-corrected chi connectivity index (χ4v) is 4.20. The first-order valence-electron chi connectivity index (χ1n) is 7.20. The van der Waals surface area contributed by atoms with Crippen molar-refractivity contribution in [3.63, 3.8) is 0 Å². The lowest BCUT2D eigenvalue weighted by molar-refractivity contribution is -0.116. The van der Waals surface area contributed by atoms with E-state index in [0.29, 0.717) is 0 Å². The summed E-state index contributed by atoms with van der Waals surface area (Å²) in [5.74, 6) is -0.122. The summed E-state index contributed by atoms with van der Waals surface area (Å²) in [4.78, 5) is 13.4. The Morgan fingerprint density at radius 1 is 1.22 bits per heavy atom. The number of aryl methyl sites for hydroxylation is 2. The van der Waals surface area contributed by atoms with Crippen molar-refractivity contribution < 1.29 is 13.2 Å². The number of nitrogens with one attached hydrogen (secondary N) is 1. The molecule has 1 N–H and O–H groups in total. The van der Waals surface area contributed by atoms with Crippen LogP contribution < -0.4 is 9.62 Å². The summed E-state index contributed by atoms with van der Waals surface area (Å²) < 4.78 is 27.0. The highest BCUT2D eigenvalue weighted by molar-refractivity contribution is 7.91. The molecule has 0 aliphatic carbocycles. The van der Waals surface area contributed by atoms with Crippen molar-refractivity contribution in [1.29, 1.82) is 0 Å². The smallest absolute Gasteiger partial charge is 0.250 e. The van der Waals surface area contributed by atoms with Crippen LogP contribution in [-0.4, -0.2) is 27.4 Å². The SMILES string of the molecule is CC(=O)N(CCNS(=O)(=O)c1cccs1)c1ccc(C)c(C)c1. The van der Waals surface area contributed by atoms with Crippen molar-refractivity contribution in [2.24, 2.45) is 0 Å². The second kappa shape index (κ2) is 7.25. The van der Waals surface area contributed by atoms with Crippen molar-refractivity contribution in [3.8, 4) is 0 Å². The monoisotopic (exact) mass is 352 g/mol. The molecule has 1 aromatic heterocycles. The first-order chi connectivity index (χ1) is 10.8. The number of hydrogen-bond acceptors (Lipinski definition) is 4. The second-order valence-electron chi connectivity index (χ2n) is 5.27. The number of amides is 1. The Labute approximate surface area is 141 Å². The molecule has 0 unspecified atom stereocenters. The van der Waals surface area contributed by atoms with Crippen LogP contribution in [0.2, 0.25) is 0 Å². The highest BCUT2D eigenvalue weighted by atomic mass is 32.2. The molecule has 0 aliphatic heterocycles. The van der Waals surface area contributed by atoms with Crippen LogP contribution in [0.4, 0.5) is 5.69 Å². The summed E-state index contributed by atoms with van der Waals surface area (Å²) in [6, 6.07) is 9.01. The van der Waals surface area contributed by atoms with Crippen LogP contribution >= 0.6 is 11.3 Å². The Bertz CT molecular complexity index is 784. The highest BCUT2D eigenvalue weighted by Crippen LogP contribution is 2.19. The van der Waals surface area contributed by atoms with Gasteiger partial charge >= 0.3 is 0 Å². The van der Waals surface area contributed by atoms with E-state index in [0.717, 1.165) is 28.2 Å². The summed E-state index contributed by atoms with van der Waals surface area (Å²) in [5.41, 5.74) is 3.01. The summed E-state index contributed by atoms with van der Waals surface area (Å²) in [6.45, 7) is 5.90. The van der Waals surface area contributed by atoms with Crippen LogP contribution in [0.1, 0.15) is 18.1 Å². The number of anilines is 1. The van der Waals surface area contributed by atoms with Gasteiger partial charge in [-0.15, -0.1) is 11.3 Å². The lowest BCUT2D eigenvalue weighted by atomic mass is 10.1. The molecule has 0 saturated heterocycles. The maximum Gasteiger partial charge on any atom is 0.250 e. The molecule has 0 radical (unpaired) electrons. The molecule has 124 valence electrons. The minimum atomic E-state index is -3.50. The van der Waals surface area contributed by atoms with Gasteiger partial charge in [-0.3, -0.25) is 4.79 Å². The van der Waals surface area contributed by atoms with Gasteiger partial charge in [0.1, 0.15) is 4.21 Å². The van der Waals surface area contributed by atoms with Crippen LogP contribution in [-0.2, 0) is 14.8 Å². The van der Waals surface area contributed by atoms with Crippen LogP contribution in [0, 0.1) is 13.8 Å². The third-order valence-electron chi connectivity index (χ3n) is 3.57. The van der Waals surface area contributed by atoms with E-state index in [1.54, 1.807) is 22.4 Å². The fourth-order valence-electron chi connectivity index (χ4n) is 2.14. The summed E-state index contributed by atoms with van der Waals surface area (Å²) in [6.07, 6.45) is 0. The van der Waals surface area contributed by atoms with Crippen molar-refractivity contribution in [2.75, 3.05) is 18.0 Å². The lowest BCUT2D eigenvalue weighted by Crippen LogP contribution is -2.37. The molecule has 23 heavy (non-hydrogen) atoms. The molecule has 1 amide bonds. The van der Waals surface area contributed by atoms with E-state index < -0.39 is 10.0 Å². The van der Waals surface area contributed by atoms with E-state index in [-0.39, 0.29) is 23.2 Å². The second-order valence-corrected chi connectivity index (χ2v) is 8.21. The number of rotatable bonds is 6. The number of hydrogen-bond donors (Lipinski definition) is 1. The largest absolute Gasteiger partial charge is 0.311 e. The van der Waals surface area contributed by atoms with Crippen molar-refractivity contribution >= 4 is 33.0 Å². The van der Waals surface area contributed by atoms with E-state index >= 15 is 0 Å². The van der Waals surface area contributed by atoms with Crippen LogP contribution in [0.3, 0.4) is 0 Å².